The van der Waals surface area contributed by atoms with Crippen LogP contribution in [0.5, 0.6) is 0 Å². The van der Waals surface area contributed by atoms with Crippen LogP contribution in [0.3, 0.4) is 0 Å². The second-order valence-corrected chi connectivity index (χ2v) is 13.1. The van der Waals surface area contributed by atoms with Gasteiger partial charge in [0.1, 0.15) is 29.8 Å². The summed E-state index contributed by atoms with van der Waals surface area (Å²) in [5.74, 6) is -3.33. The van der Waals surface area contributed by atoms with Gasteiger partial charge in [-0.1, -0.05) is 58.4 Å². The number of cyclic esters (lactones) is 1. The molecule has 6 rings (SSSR count). The Morgan fingerprint density at radius 2 is 1.82 bits per heavy atom. The van der Waals surface area contributed by atoms with Crippen LogP contribution in [-0.2, 0) is 28.7 Å². The SMILES string of the molecule is C[C@H]1CNC(=O)CC/C=C\CN(c2ccc3ccccc3c2)C(=O)[C@H]2N(CCCCCO)C(=O)[C@@H]3[C@@H](C(=O)O1)[C@@H]1O[C@@]32C=C1Br. The van der Waals surface area contributed by atoms with Crippen LogP contribution in [0.25, 0.3) is 10.8 Å². The van der Waals surface area contributed by atoms with Crippen LogP contribution < -0.4 is 10.2 Å². The zero-order valence-electron chi connectivity index (χ0n) is 25.2. The van der Waals surface area contributed by atoms with Crippen LogP contribution in [0.4, 0.5) is 5.69 Å². The molecule has 4 aliphatic rings. The van der Waals surface area contributed by atoms with Crippen molar-refractivity contribution in [1.82, 2.24) is 10.2 Å². The van der Waals surface area contributed by atoms with Gasteiger partial charge in [0, 0.05) is 36.3 Å². The molecule has 1 spiro atoms. The molecule has 2 aromatic rings. The van der Waals surface area contributed by atoms with Crippen molar-refractivity contribution in [3.63, 3.8) is 0 Å². The molecule has 10 nitrogen and oxygen atoms in total. The van der Waals surface area contributed by atoms with Gasteiger partial charge in [-0.15, -0.1) is 0 Å². The molecular formula is C34H38BrN3O7. The van der Waals surface area contributed by atoms with Gasteiger partial charge in [0.05, 0.1) is 12.5 Å². The number of fused-ring (bicyclic) bond motifs is 3. The molecule has 45 heavy (non-hydrogen) atoms. The Bertz CT molecular complexity index is 1560. The lowest BCUT2D eigenvalue weighted by Gasteiger charge is -2.36. The Morgan fingerprint density at radius 3 is 2.62 bits per heavy atom. The summed E-state index contributed by atoms with van der Waals surface area (Å²) in [7, 11) is 0. The molecule has 4 heterocycles. The zero-order valence-corrected chi connectivity index (χ0v) is 26.8. The van der Waals surface area contributed by atoms with E-state index in [1.54, 1.807) is 22.8 Å². The second-order valence-electron chi connectivity index (χ2n) is 12.2. The number of nitrogens with zero attached hydrogens (tertiary/aromatic N) is 2. The van der Waals surface area contributed by atoms with Gasteiger partial charge in [-0.3, -0.25) is 19.2 Å². The largest absolute Gasteiger partial charge is 0.460 e. The molecule has 5 bridgehead atoms. The minimum Gasteiger partial charge on any atom is -0.460 e. The summed E-state index contributed by atoms with van der Waals surface area (Å²) in [5.41, 5.74) is -0.713. The third-order valence-electron chi connectivity index (χ3n) is 9.20. The Hall–Kier alpha value is -3.54. The van der Waals surface area contributed by atoms with Gasteiger partial charge in [0.25, 0.3) is 5.91 Å². The van der Waals surface area contributed by atoms with Gasteiger partial charge in [-0.25, -0.2) is 0 Å². The summed E-state index contributed by atoms with van der Waals surface area (Å²) in [6.45, 7) is 2.36. The van der Waals surface area contributed by atoms with Crippen molar-refractivity contribution in [2.45, 2.75) is 62.9 Å². The lowest BCUT2D eigenvalue weighted by atomic mass is 9.74. The number of aliphatic hydroxyl groups is 1. The van der Waals surface area contributed by atoms with E-state index in [0.29, 0.717) is 35.9 Å². The normalized spacial score (nSPS) is 31.2. The summed E-state index contributed by atoms with van der Waals surface area (Å²) in [6, 6.07) is 12.7. The standard InChI is InChI=1S/C34H38BrN3O7/c1-21-20-36-26(40)12-4-2-7-15-37(24-14-13-22-10-5-6-11-23(22)18-24)32(42)30-34-19-25(35)29(45-34)27(33(43)44-21)28(34)31(41)38(30)16-8-3-9-17-39/h2,5-7,10-11,13-14,18-19,21,27-30,39H,3-4,8-9,12,15-17,20H2,1H3,(H,36,40)/b7-2-/t21-,27+,28-,29+,30+,34-/m0/s1. The number of carbonyl (C=O) groups is 4. The number of halogens is 1. The van der Waals surface area contributed by atoms with E-state index in [1.807, 2.05) is 54.6 Å². The van der Waals surface area contributed by atoms with Gasteiger partial charge in [0.15, 0.2) is 0 Å². The third-order valence-corrected chi connectivity index (χ3v) is 9.88. The smallest absolute Gasteiger partial charge is 0.313 e. The van der Waals surface area contributed by atoms with Gasteiger partial charge in [-0.2, -0.15) is 0 Å². The summed E-state index contributed by atoms with van der Waals surface area (Å²) < 4.78 is 12.9. The van der Waals surface area contributed by atoms with Crippen molar-refractivity contribution >= 4 is 56.1 Å². The molecule has 3 amide bonds. The monoisotopic (exact) mass is 679 g/mol. The minimum absolute atomic E-state index is 0.0397. The number of unbranched alkanes of at least 4 members (excludes halogenated alkanes) is 2. The molecule has 2 saturated heterocycles. The Balaban J connectivity index is 1.45. The third kappa shape index (κ3) is 5.81. The van der Waals surface area contributed by atoms with Gasteiger partial charge < -0.3 is 29.7 Å². The quantitative estimate of drug-likeness (QED) is 0.272. The maximum atomic E-state index is 14.9. The Kier molecular flexibility index (Phi) is 9.12. The number of esters is 1. The summed E-state index contributed by atoms with van der Waals surface area (Å²) >= 11 is 3.58. The topological polar surface area (TPSA) is 125 Å². The molecule has 0 aliphatic carbocycles. The van der Waals surface area contributed by atoms with Crippen LogP contribution in [-0.4, -0.2) is 83.8 Å². The average molecular weight is 681 g/mol. The first kappa shape index (κ1) is 31.4. The molecule has 4 aliphatic heterocycles. The fourth-order valence-electron chi connectivity index (χ4n) is 7.07. The molecule has 238 valence electrons. The number of aliphatic hydroxyl groups excluding tert-OH is 1. The van der Waals surface area contributed by atoms with Crippen molar-refractivity contribution in [2.75, 3.05) is 31.1 Å². The van der Waals surface area contributed by atoms with E-state index in [0.717, 1.165) is 10.8 Å². The van der Waals surface area contributed by atoms with Crippen molar-refractivity contribution in [3.05, 3.63) is 65.2 Å². The number of hydrogen-bond donors (Lipinski definition) is 2. The van der Waals surface area contributed by atoms with Crippen LogP contribution >= 0.6 is 15.9 Å². The first-order chi connectivity index (χ1) is 21.7. The molecule has 0 aromatic heterocycles. The van der Waals surface area contributed by atoms with E-state index >= 15 is 0 Å². The highest BCUT2D eigenvalue weighted by Gasteiger charge is 2.74. The predicted octanol–water partition coefficient (Wildman–Crippen LogP) is 3.61. The summed E-state index contributed by atoms with van der Waals surface area (Å²) in [5, 5.41) is 14.1. The average Bonchev–Trinajstić information content (AvgIpc) is 3.62. The molecule has 6 atom stereocenters. The Morgan fingerprint density at radius 1 is 1.02 bits per heavy atom. The molecule has 2 N–H and O–H groups in total. The maximum absolute atomic E-state index is 14.9. The number of carbonyl (C=O) groups excluding carboxylic acids is 4. The van der Waals surface area contributed by atoms with E-state index in [2.05, 4.69) is 21.2 Å². The number of nitrogens with one attached hydrogen (secondary N) is 1. The number of anilines is 1. The van der Waals surface area contributed by atoms with Gasteiger partial charge in [-0.05, 0) is 61.6 Å². The van der Waals surface area contributed by atoms with E-state index in [1.165, 1.54) is 0 Å². The number of likely N-dealkylation sites (tertiary alicyclic amines) is 1. The molecule has 2 fully saturated rings. The first-order valence-corrected chi connectivity index (χ1v) is 16.4. The van der Waals surface area contributed by atoms with E-state index in [-0.39, 0.29) is 50.4 Å². The van der Waals surface area contributed by atoms with Gasteiger partial charge in [0.2, 0.25) is 11.8 Å². The van der Waals surface area contributed by atoms with Crippen LogP contribution in [0.15, 0.2) is 65.2 Å². The predicted molar refractivity (Wildman–Crippen MR) is 171 cm³/mol. The highest BCUT2D eigenvalue weighted by atomic mass is 79.9. The Labute approximate surface area is 270 Å². The van der Waals surface area contributed by atoms with Crippen LogP contribution in [0.2, 0.25) is 0 Å². The van der Waals surface area contributed by atoms with Crippen molar-refractivity contribution in [1.29, 1.82) is 0 Å². The minimum atomic E-state index is -1.37. The lowest BCUT2D eigenvalue weighted by Crippen LogP contribution is -2.56. The fraction of sp³-hybridized carbons (Fsp3) is 0.471. The molecule has 0 saturated carbocycles. The van der Waals surface area contributed by atoms with Crippen molar-refractivity contribution in [2.24, 2.45) is 11.8 Å². The number of ether oxygens (including phenoxy) is 2. The van der Waals surface area contributed by atoms with E-state index < -0.39 is 41.7 Å². The summed E-state index contributed by atoms with van der Waals surface area (Å²) in [4.78, 5) is 58.7. The van der Waals surface area contributed by atoms with Crippen LogP contribution in [0.1, 0.15) is 39.0 Å². The highest BCUT2D eigenvalue weighted by molar-refractivity contribution is 9.11. The van der Waals surface area contributed by atoms with Crippen molar-refractivity contribution in [3.8, 4) is 0 Å². The van der Waals surface area contributed by atoms with E-state index in [9.17, 15) is 24.3 Å². The molecule has 2 aromatic carbocycles. The second kappa shape index (κ2) is 13.1. The fourth-order valence-corrected chi connectivity index (χ4v) is 7.80. The van der Waals surface area contributed by atoms with Gasteiger partial charge >= 0.3 is 5.97 Å². The molecule has 0 radical (unpaired) electrons. The molecule has 0 unspecified atom stereocenters. The number of benzene rings is 2. The number of hydrogen-bond acceptors (Lipinski definition) is 7. The molecule has 11 heteroatoms. The lowest BCUT2D eigenvalue weighted by molar-refractivity contribution is -0.158. The summed E-state index contributed by atoms with van der Waals surface area (Å²) in [6.07, 6.45) is 6.69. The highest BCUT2D eigenvalue weighted by Crippen LogP contribution is 2.59. The van der Waals surface area contributed by atoms with E-state index in [4.69, 9.17) is 9.47 Å². The van der Waals surface area contributed by atoms with Crippen molar-refractivity contribution < 1.29 is 33.8 Å². The van der Waals surface area contributed by atoms with Crippen LogP contribution in [0, 0.1) is 11.8 Å². The number of rotatable bonds is 6. The number of allylic oxidation sites excluding steroid dienone is 1. The zero-order chi connectivity index (χ0) is 31.7. The first-order valence-electron chi connectivity index (χ1n) is 15.6. The molecular weight excluding hydrogens is 642 g/mol. The number of amides is 3. The maximum Gasteiger partial charge on any atom is 0.313 e.